The minimum atomic E-state index is 0.0292. The second kappa shape index (κ2) is 6.69. The molecular formula is C13H23N5O2. The average molecular weight is 281 g/mol. The molecule has 2 rings (SSSR count). The number of carbonyl (C=O) groups excluding carboxylic acids is 1. The van der Waals surface area contributed by atoms with E-state index < -0.39 is 0 Å². The van der Waals surface area contributed by atoms with E-state index in [0.717, 1.165) is 32.5 Å². The summed E-state index contributed by atoms with van der Waals surface area (Å²) in [6, 6.07) is 0.468. The zero-order valence-corrected chi connectivity index (χ0v) is 12.4. The topological polar surface area (TPSA) is 74.5 Å². The Balaban J connectivity index is 2.02. The molecule has 1 aromatic heterocycles. The first-order chi connectivity index (χ1) is 9.61. The minimum absolute atomic E-state index is 0.0292. The third kappa shape index (κ3) is 3.47. The van der Waals surface area contributed by atoms with Crippen LogP contribution in [0.4, 0.5) is 6.01 Å². The molecule has 1 aliphatic heterocycles. The first-order valence-corrected chi connectivity index (χ1v) is 7.17. The summed E-state index contributed by atoms with van der Waals surface area (Å²) < 4.78 is 5.69. The first-order valence-electron chi connectivity index (χ1n) is 7.17. The van der Waals surface area contributed by atoms with Crippen LogP contribution in [-0.2, 0) is 4.79 Å². The monoisotopic (exact) mass is 281 g/mol. The van der Waals surface area contributed by atoms with Crippen LogP contribution in [0, 0.1) is 0 Å². The summed E-state index contributed by atoms with van der Waals surface area (Å²) in [5.74, 6) is 0.651. The zero-order valence-electron chi connectivity index (χ0n) is 12.4. The van der Waals surface area contributed by atoms with Crippen LogP contribution in [-0.4, -0.2) is 54.2 Å². The lowest BCUT2D eigenvalue weighted by molar-refractivity contribution is -0.127. The third-order valence-electron chi connectivity index (χ3n) is 3.44. The molecule has 1 aromatic rings. The van der Waals surface area contributed by atoms with Crippen molar-refractivity contribution in [1.29, 1.82) is 0 Å². The van der Waals surface area contributed by atoms with E-state index in [1.165, 1.54) is 0 Å². The maximum Gasteiger partial charge on any atom is 0.318 e. The standard InChI is InChI=1S/C13H23N5O2/c1-4-6-14-10(2)12-15-16-13(20-12)18-8-5-7-17(3)11(19)9-18/h10,14H,4-9H2,1-3H3. The molecule has 0 bridgehead atoms. The van der Waals surface area contributed by atoms with Gasteiger partial charge in [-0.3, -0.25) is 4.79 Å². The predicted molar refractivity (Wildman–Crippen MR) is 75.5 cm³/mol. The van der Waals surface area contributed by atoms with E-state index in [4.69, 9.17) is 4.42 Å². The van der Waals surface area contributed by atoms with Gasteiger partial charge in [-0.2, -0.15) is 0 Å². The number of nitrogens with one attached hydrogen (secondary N) is 1. The SMILES string of the molecule is CCCNC(C)c1nnc(N2CCCN(C)C(=O)C2)o1. The molecule has 0 aliphatic carbocycles. The van der Waals surface area contributed by atoms with Crippen molar-refractivity contribution in [3.63, 3.8) is 0 Å². The molecule has 0 radical (unpaired) electrons. The van der Waals surface area contributed by atoms with Crippen LogP contribution < -0.4 is 10.2 Å². The summed E-state index contributed by atoms with van der Waals surface area (Å²) in [5.41, 5.74) is 0. The van der Waals surface area contributed by atoms with Crippen molar-refractivity contribution in [2.45, 2.75) is 32.7 Å². The lowest BCUT2D eigenvalue weighted by atomic mass is 10.3. The fourth-order valence-corrected chi connectivity index (χ4v) is 2.13. The summed E-state index contributed by atoms with van der Waals surface area (Å²) in [6.45, 7) is 6.84. The van der Waals surface area contributed by atoms with Crippen molar-refractivity contribution >= 4 is 11.9 Å². The fourth-order valence-electron chi connectivity index (χ4n) is 2.13. The maximum absolute atomic E-state index is 11.9. The van der Waals surface area contributed by atoms with Crippen molar-refractivity contribution in [3.8, 4) is 0 Å². The van der Waals surface area contributed by atoms with Crippen molar-refractivity contribution in [2.24, 2.45) is 0 Å². The molecular weight excluding hydrogens is 258 g/mol. The molecule has 1 saturated heterocycles. The van der Waals surface area contributed by atoms with Gasteiger partial charge in [0, 0.05) is 20.1 Å². The lowest BCUT2D eigenvalue weighted by Crippen LogP contribution is -2.34. The van der Waals surface area contributed by atoms with Crippen molar-refractivity contribution < 1.29 is 9.21 Å². The molecule has 2 heterocycles. The third-order valence-corrected chi connectivity index (χ3v) is 3.44. The normalized spacial score (nSPS) is 18.2. The largest absolute Gasteiger partial charge is 0.406 e. The second-order valence-corrected chi connectivity index (χ2v) is 5.19. The van der Waals surface area contributed by atoms with Gasteiger partial charge in [0.25, 0.3) is 0 Å². The van der Waals surface area contributed by atoms with Crippen LogP contribution in [0.25, 0.3) is 0 Å². The number of likely N-dealkylation sites (N-methyl/N-ethyl adjacent to an activating group) is 1. The molecule has 1 amide bonds. The van der Waals surface area contributed by atoms with E-state index >= 15 is 0 Å². The molecule has 112 valence electrons. The molecule has 7 heteroatoms. The van der Waals surface area contributed by atoms with Crippen LogP contribution >= 0.6 is 0 Å². The van der Waals surface area contributed by atoms with E-state index in [1.54, 1.807) is 4.90 Å². The summed E-state index contributed by atoms with van der Waals surface area (Å²) in [6.07, 6.45) is 1.96. The number of aromatic nitrogens is 2. The first kappa shape index (κ1) is 14.8. The highest BCUT2D eigenvalue weighted by Gasteiger charge is 2.23. The van der Waals surface area contributed by atoms with Gasteiger partial charge in [0.05, 0.1) is 6.04 Å². The molecule has 1 atom stereocenters. The van der Waals surface area contributed by atoms with Gasteiger partial charge in [-0.25, -0.2) is 0 Å². The van der Waals surface area contributed by atoms with Gasteiger partial charge in [0.15, 0.2) is 0 Å². The van der Waals surface area contributed by atoms with E-state index in [0.29, 0.717) is 18.5 Å². The molecule has 1 fully saturated rings. The van der Waals surface area contributed by atoms with Gasteiger partial charge < -0.3 is 19.5 Å². The van der Waals surface area contributed by atoms with Crippen molar-refractivity contribution in [1.82, 2.24) is 20.4 Å². The minimum Gasteiger partial charge on any atom is -0.406 e. The van der Waals surface area contributed by atoms with Crippen LogP contribution in [0.15, 0.2) is 4.42 Å². The Morgan fingerprint density at radius 2 is 2.20 bits per heavy atom. The number of amides is 1. The molecule has 0 spiro atoms. The van der Waals surface area contributed by atoms with E-state index in [2.05, 4.69) is 22.4 Å². The number of hydrogen-bond acceptors (Lipinski definition) is 6. The van der Waals surface area contributed by atoms with Crippen molar-refractivity contribution in [3.05, 3.63) is 5.89 Å². The Kier molecular flexibility index (Phi) is 4.94. The molecule has 1 unspecified atom stereocenters. The summed E-state index contributed by atoms with van der Waals surface area (Å²) in [7, 11) is 1.82. The smallest absolute Gasteiger partial charge is 0.318 e. The van der Waals surface area contributed by atoms with E-state index in [1.807, 2.05) is 18.9 Å². The summed E-state index contributed by atoms with van der Waals surface area (Å²) >= 11 is 0. The maximum atomic E-state index is 11.9. The highest BCUT2D eigenvalue weighted by Crippen LogP contribution is 2.18. The van der Waals surface area contributed by atoms with Gasteiger partial charge in [-0.05, 0) is 26.3 Å². The molecule has 20 heavy (non-hydrogen) atoms. The number of hydrogen-bond donors (Lipinski definition) is 1. The van der Waals surface area contributed by atoms with Crippen LogP contribution in [0.1, 0.15) is 38.6 Å². The van der Waals surface area contributed by atoms with Crippen LogP contribution in [0.2, 0.25) is 0 Å². The second-order valence-electron chi connectivity index (χ2n) is 5.19. The zero-order chi connectivity index (χ0) is 14.5. The summed E-state index contributed by atoms with van der Waals surface area (Å²) in [4.78, 5) is 15.5. The number of anilines is 1. The molecule has 1 N–H and O–H groups in total. The summed E-state index contributed by atoms with van der Waals surface area (Å²) in [5, 5.41) is 11.4. The Morgan fingerprint density at radius 3 is 2.95 bits per heavy atom. The Labute approximate surface area is 119 Å². The van der Waals surface area contributed by atoms with Gasteiger partial charge >= 0.3 is 6.01 Å². The highest BCUT2D eigenvalue weighted by atomic mass is 16.4. The Bertz CT molecular complexity index is 448. The molecule has 1 aliphatic rings. The quantitative estimate of drug-likeness (QED) is 0.860. The van der Waals surface area contributed by atoms with Crippen molar-refractivity contribution in [2.75, 3.05) is 38.1 Å². The fraction of sp³-hybridized carbons (Fsp3) is 0.769. The predicted octanol–water partition coefficient (Wildman–Crippen LogP) is 0.799. The molecule has 0 aromatic carbocycles. The molecule has 0 saturated carbocycles. The Morgan fingerprint density at radius 1 is 1.40 bits per heavy atom. The molecule has 7 nitrogen and oxygen atoms in total. The van der Waals surface area contributed by atoms with Gasteiger partial charge in [-0.1, -0.05) is 12.0 Å². The van der Waals surface area contributed by atoms with E-state index in [-0.39, 0.29) is 11.9 Å². The lowest BCUT2D eigenvalue weighted by Gasteiger charge is -2.16. The number of rotatable bonds is 5. The highest BCUT2D eigenvalue weighted by molar-refractivity contribution is 5.80. The van der Waals surface area contributed by atoms with Gasteiger partial charge in [0.1, 0.15) is 6.54 Å². The average Bonchev–Trinajstić information content (AvgIpc) is 2.86. The Hall–Kier alpha value is -1.63. The van der Waals surface area contributed by atoms with Gasteiger partial charge in [-0.15, -0.1) is 5.10 Å². The van der Waals surface area contributed by atoms with E-state index in [9.17, 15) is 4.79 Å². The number of nitrogens with zero attached hydrogens (tertiary/aromatic N) is 4. The van der Waals surface area contributed by atoms with Crippen LogP contribution in [0.3, 0.4) is 0 Å². The van der Waals surface area contributed by atoms with Gasteiger partial charge in [0.2, 0.25) is 11.8 Å². The number of carbonyl (C=O) groups is 1. The van der Waals surface area contributed by atoms with Crippen LogP contribution in [0.5, 0.6) is 0 Å².